The molecule has 0 amide bonds. The molecule has 2 rings (SSSR count). The molecule has 21 heavy (non-hydrogen) atoms. The van der Waals surface area contributed by atoms with E-state index in [4.69, 9.17) is 4.74 Å². The maximum atomic E-state index is 5.40. The first-order chi connectivity index (χ1) is 9.70. The zero-order valence-corrected chi connectivity index (χ0v) is 16.4. The molecule has 0 spiro atoms. The van der Waals surface area contributed by atoms with Gasteiger partial charge in [-0.15, -0.1) is 24.0 Å². The van der Waals surface area contributed by atoms with E-state index in [-0.39, 0.29) is 24.0 Å². The molecule has 1 saturated heterocycles. The molecule has 0 aromatic heterocycles. The average Bonchev–Trinajstić information content (AvgIpc) is 2.95. The largest absolute Gasteiger partial charge is 0.381 e. The highest BCUT2D eigenvalue weighted by Gasteiger charge is 2.16. The molecule has 118 valence electrons. The van der Waals surface area contributed by atoms with Crippen LogP contribution in [0.2, 0.25) is 0 Å². The molecule has 6 heteroatoms. The molecule has 0 radical (unpaired) electrons. The number of halogens is 2. The van der Waals surface area contributed by atoms with Gasteiger partial charge < -0.3 is 15.0 Å². The fourth-order valence-electron chi connectivity index (χ4n) is 2.32. The van der Waals surface area contributed by atoms with E-state index >= 15 is 0 Å². The standard InChI is InChI=1S/C15H22BrN3O.HI/c1-17-15(18-9-12-7-8-20-11-12)19(2)10-13-5-3-4-6-14(13)16;/h3-6,12H,7-11H2,1-2H3,(H,17,18);1H. The number of hydrogen-bond donors (Lipinski definition) is 1. The summed E-state index contributed by atoms with van der Waals surface area (Å²) in [5, 5.41) is 3.43. The quantitative estimate of drug-likeness (QED) is 0.420. The number of nitrogens with zero attached hydrogens (tertiary/aromatic N) is 2. The molecular weight excluding hydrogens is 445 g/mol. The summed E-state index contributed by atoms with van der Waals surface area (Å²) in [6.45, 7) is 3.49. The van der Waals surface area contributed by atoms with Crippen molar-refractivity contribution in [2.24, 2.45) is 10.9 Å². The normalized spacial score (nSPS) is 18.2. The third kappa shape index (κ3) is 5.75. The zero-order chi connectivity index (χ0) is 14.4. The molecule has 0 aliphatic carbocycles. The van der Waals surface area contributed by atoms with Gasteiger partial charge >= 0.3 is 0 Å². The molecule has 1 N–H and O–H groups in total. The lowest BCUT2D eigenvalue weighted by Crippen LogP contribution is -2.40. The summed E-state index contributed by atoms with van der Waals surface area (Å²) in [6.07, 6.45) is 1.14. The Hall–Kier alpha value is -0.340. The van der Waals surface area contributed by atoms with E-state index in [1.54, 1.807) is 0 Å². The predicted octanol–water partition coefficient (Wildman–Crippen LogP) is 3.11. The monoisotopic (exact) mass is 467 g/mol. The third-order valence-electron chi connectivity index (χ3n) is 3.51. The summed E-state index contributed by atoms with van der Waals surface area (Å²) < 4.78 is 6.53. The summed E-state index contributed by atoms with van der Waals surface area (Å²) in [6, 6.07) is 8.27. The van der Waals surface area contributed by atoms with Gasteiger partial charge in [-0.2, -0.15) is 0 Å². The van der Waals surface area contributed by atoms with E-state index in [9.17, 15) is 0 Å². The van der Waals surface area contributed by atoms with Crippen LogP contribution in [0.4, 0.5) is 0 Å². The lowest BCUT2D eigenvalue weighted by molar-refractivity contribution is 0.186. The van der Waals surface area contributed by atoms with Gasteiger partial charge in [0, 0.05) is 44.2 Å². The SMILES string of the molecule is CN=C(NCC1CCOC1)N(C)Cc1ccccc1Br.I. The minimum absolute atomic E-state index is 0. The lowest BCUT2D eigenvalue weighted by Gasteiger charge is -2.23. The predicted molar refractivity (Wildman–Crippen MR) is 101 cm³/mol. The van der Waals surface area contributed by atoms with Crippen LogP contribution in [0.25, 0.3) is 0 Å². The molecule has 1 aliphatic heterocycles. The van der Waals surface area contributed by atoms with Crippen molar-refractivity contribution in [1.82, 2.24) is 10.2 Å². The Morgan fingerprint density at radius 1 is 1.48 bits per heavy atom. The van der Waals surface area contributed by atoms with Gasteiger partial charge in [-0.05, 0) is 18.1 Å². The number of hydrogen-bond acceptors (Lipinski definition) is 2. The fraction of sp³-hybridized carbons (Fsp3) is 0.533. The number of guanidine groups is 1. The first-order valence-corrected chi connectivity index (χ1v) is 7.73. The van der Waals surface area contributed by atoms with Crippen molar-refractivity contribution in [1.29, 1.82) is 0 Å². The molecule has 1 aromatic carbocycles. The maximum Gasteiger partial charge on any atom is 0.193 e. The Balaban J connectivity index is 0.00000220. The molecule has 1 atom stereocenters. The van der Waals surface area contributed by atoms with Gasteiger partial charge in [0.2, 0.25) is 0 Å². The highest BCUT2D eigenvalue weighted by Crippen LogP contribution is 2.17. The molecule has 0 bridgehead atoms. The minimum atomic E-state index is 0. The molecule has 1 heterocycles. The van der Waals surface area contributed by atoms with E-state index in [0.717, 1.165) is 43.2 Å². The summed E-state index contributed by atoms with van der Waals surface area (Å²) in [5.74, 6) is 1.52. The van der Waals surface area contributed by atoms with E-state index in [0.29, 0.717) is 5.92 Å². The Bertz CT molecular complexity index is 464. The highest BCUT2D eigenvalue weighted by molar-refractivity contribution is 14.0. The zero-order valence-electron chi connectivity index (χ0n) is 12.5. The first kappa shape index (κ1) is 18.7. The Kier molecular flexibility index (Phi) is 8.58. The third-order valence-corrected chi connectivity index (χ3v) is 4.29. The lowest BCUT2D eigenvalue weighted by atomic mass is 10.1. The minimum Gasteiger partial charge on any atom is -0.381 e. The van der Waals surface area contributed by atoms with Crippen molar-refractivity contribution in [3.8, 4) is 0 Å². The number of aliphatic imine (C=N–C) groups is 1. The molecule has 4 nitrogen and oxygen atoms in total. The van der Waals surface area contributed by atoms with Gasteiger partial charge in [0.15, 0.2) is 5.96 Å². The van der Waals surface area contributed by atoms with Crippen molar-refractivity contribution in [2.75, 3.05) is 33.9 Å². The van der Waals surface area contributed by atoms with Crippen LogP contribution in [0.15, 0.2) is 33.7 Å². The van der Waals surface area contributed by atoms with Crippen LogP contribution in [-0.2, 0) is 11.3 Å². The summed E-state index contributed by atoms with van der Waals surface area (Å²) in [5.41, 5.74) is 1.25. The van der Waals surface area contributed by atoms with Crippen molar-refractivity contribution in [3.05, 3.63) is 34.3 Å². The van der Waals surface area contributed by atoms with Gasteiger partial charge in [-0.25, -0.2) is 0 Å². The summed E-state index contributed by atoms with van der Waals surface area (Å²) in [7, 11) is 3.88. The topological polar surface area (TPSA) is 36.9 Å². The fourth-order valence-corrected chi connectivity index (χ4v) is 2.73. The number of rotatable bonds is 4. The van der Waals surface area contributed by atoms with Gasteiger partial charge in [0.1, 0.15) is 0 Å². The highest BCUT2D eigenvalue weighted by atomic mass is 127. The smallest absolute Gasteiger partial charge is 0.193 e. The van der Waals surface area contributed by atoms with Crippen molar-refractivity contribution in [2.45, 2.75) is 13.0 Å². The van der Waals surface area contributed by atoms with Crippen LogP contribution in [-0.4, -0.2) is 44.7 Å². The van der Waals surface area contributed by atoms with E-state index in [1.165, 1.54) is 5.56 Å². The Morgan fingerprint density at radius 3 is 2.86 bits per heavy atom. The molecule has 1 unspecified atom stereocenters. The maximum absolute atomic E-state index is 5.40. The van der Waals surface area contributed by atoms with Crippen LogP contribution < -0.4 is 5.32 Å². The van der Waals surface area contributed by atoms with Gasteiger partial charge in [-0.3, -0.25) is 4.99 Å². The van der Waals surface area contributed by atoms with E-state index in [1.807, 2.05) is 13.1 Å². The molecular formula is C15H23BrIN3O. The van der Waals surface area contributed by atoms with Crippen molar-refractivity contribution >= 4 is 45.9 Å². The van der Waals surface area contributed by atoms with Crippen LogP contribution in [0.5, 0.6) is 0 Å². The Labute approximate surface area is 152 Å². The molecule has 0 saturated carbocycles. The van der Waals surface area contributed by atoms with Crippen LogP contribution in [0, 0.1) is 5.92 Å². The van der Waals surface area contributed by atoms with Gasteiger partial charge in [0.25, 0.3) is 0 Å². The van der Waals surface area contributed by atoms with Crippen LogP contribution >= 0.6 is 39.9 Å². The molecule has 1 fully saturated rings. The van der Waals surface area contributed by atoms with Gasteiger partial charge in [0.05, 0.1) is 6.61 Å². The first-order valence-electron chi connectivity index (χ1n) is 6.93. The van der Waals surface area contributed by atoms with Crippen molar-refractivity contribution in [3.63, 3.8) is 0 Å². The van der Waals surface area contributed by atoms with Gasteiger partial charge in [-0.1, -0.05) is 34.1 Å². The summed E-state index contributed by atoms with van der Waals surface area (Å²) in [4.78, 5) is 6.48. The molecule has 1 aromatic rings. The summed E-state index contributed by atoms with van der Waals surface area (Å²) >= 11 is 3.59. The second-order valence-corrected chi connectivity index (χ2v) is 5.96. The van der Waals surface area contributed by atoms with E-state index in [2.05, 4.69) is 56.4 Å². The second kappa shape index (κ2) is 9.63. The van der Waals surface area contributed by atoms with Crippen LogP contribution in [0.3, 0.4) is 0 Å². The van der Waals surface area contributed by atoms with Crippen molar-refractivity contribution < 1.29 is 4.74 Å². The number of ether oxygens (including phenoxy) is 1. The van der Waals surface area contributed by atoms with E-state index < -0.39 is 0 Å². The second-order valence-electron chi connectivity index (χ2n) is 5.11. The average molecular weight is 468 g/mol. The Morgan fingerprint density at radius 2 is 2.24 bits per heavy atom. The number of nitrogens with one attached hydrogen (secondary N) is 1. The molecule has 1 aliphatic rings. The number of benzene rings is 1. The van der Waals surface area contributed by atoms with Crippen LogP contribution in [0.1, 0.15) is 12.0 Å².